The van der Waals surface area contributed by atoms with E-state index in [-0.39, 0.29) is 24.9 Å². The number of rotatable bonds is 7. The highest BCUT2D eigenvalue weighted by atomic mass is 19.1. The zero-order valence-corrected chi connectivity index (χ0v) is 18.0. The first-order valence-electron chi connectivity index (χ1n) is 9.97. The van der Waals surface area contributed by atoms with Crippen LogP contribution in [0.5, 0.6) is 5.75 Å². The Balaban J connectivity index is 1.89. The number of ether oxygens (including phenoxy) is 3. The van der Waals surface area contributed by atoms with Gasteiger partial charge in [0.2, 0.25) is 0 Å². The Labute approximate surface area is 184 Å². The summed E-state index contributed by atoms with van der Waals surface area (Å²) in [5.74, 6) is -1.44. The van der Waals surface area contributed by atoms with E-state index >= 15 is 0 Å². The second kappa shape index (κ2) is 10.1. The van der Waals surface area contributed by atoms with E-state index in [1.165, 1.54) is 44.7 Å². The van der Waals surface area contributed by atoms with Crippen LogP contribution in [0.2, 0.25) is 0 Å². The van der Waals surface area contributed by atoms with E-state index < -0.39 is 35.9 Å². The van der Waals surface area contributed by atoms with E-state index in [0.29, 0.717) is 17.9 Å². The number of amides is 2. The highest BCUT2D eigenvalue weighted by Crippen LogP contribution is 2.35. The van der Waals surface area contributed by atoms with Crippen molar-refractivity contribution in [1.82, 2.24) is 20.2 Å². The van der Waals surface area contributed by atoms with Gasteiger partial charge in [-0.25, -0.2) is 19.0 Å². The molecule has 1 aliphatic heterocycles. The van der Waals surface area contributed by atoms with Crippen LogP contribution in [0.3, 0.4) is 0 Å². The molecule has 0 bridgehead atoms. The van der Waals surface area contributed by atoms with Crippen molar-refractivity contribution in [3.05, 3.63) is 47.3 Å². The molecule has 0 saturated carbocycles. The van der Waals surface area contributed by atoms with Gasteiger partial charge in [0.15, 0.2) is 0 Å². The van der Waals surface area contributed by atoms with E-state index in [0.717, 1.165) is 5.69 Å². The Kier molecular flexibility index (Phi) is 7.29. The Bertz CT molecular complexity index is 994. The molecule has 2 atom stereocenters. The molecule has 172 valence electrons. The minimum absolute atomic E-state index is 0.00581. The summed E-state index contributed by atoms with van der Waals surface area (Å²) in [7, 11) is 3.85. The minimum Gasteiger partial charge on any atom is -0.497 e. The van der Waals surface area contributed by atoms with Gasteiger partial charge in [-0.2, -0.15) is 0 Å². The molecule has 1 aliphatic rings. The molecule has 2 amide bonds. The molecule has 3 rings (SSSR count). The molecule has 0 saturated heterocycles. The third-order valence-electron chi connectivity index (χ3n) is 5.34. The zero-order chi connectivity index (χ0) is 23.3. The largest absolute Gasteiger partial charge is 0.497 e. The number of hydrogen-bond donors (Lipinski definition) is 2. The lowest BCUT2D eigenvalue weighted by atomic mass is 9.95. The maximum atomic E-state index is 15.0. The predicted octanol–water partition coefficient (Wildman–Crippen LogP) is 1.71. The summed E-state index contributed by atoms with van der Waals surface area (Å²) in [6.45, 7) is 0.252. The number of carbonyl (C=O) groups is 3. The number of imidazole rings is 1. The summed E-state index contributed by atoms with van der Waals surface area (Å²) in [4.78, 5) is 45.6. The van der Waals surface area contributed by atoms with Crippen molar-refractivity contribution >= 4 is 18.0 Å². The van der Waals surface area contributed by atoms with Gasteiger partial charge in [-0.3, -0.25) is 4.79 Å². The quantitative estimate of drug-likeness (QED) is 0.618. The number of benzene rings is 1. The summed E-state index contributed by atoms with van der Waals surface area (Å²) in [5, 5.41) is 2.60. The predicted molar refractivity (Wildman–Crippen MR) is 109 cm³/mol. The minimum atomic E-state index is -1.08. The highest BCUT2D eigenvalue weighted by Gasteiger charge is 2.37. The van der Waals surface area contributed by atoms with Crippen molar-refractivity contribution in [1.29, 1.82) is 0 Å². The highest BCUT2D eigenvalue weighted by molar-refractivity contribution is 5.84. The monoisotopic (exact) mass is 448 g/mol. The number of aromatic nitrogens is 2. The van der Waals surface area contributed by atoms with Crippen molar-refractivity contribution in [2.75, 3.05) is 27.9 Å². The van der Waals surface area contributed by atoms with Crippen LogP contribution in [0.4, 0.5) is 9.18 Å². The van der Waals surface area contributed by atoms with Crippen molar-refractivity contribution in [2.24, 2.45) is 0 Å². The van der Waals surface area contributed by atoms with E-state index in [2.05, 4.69) is 20.0 Å². The molecule has 0 spiro atoms. The Morgan fingerprint density at radius 1 is 1.28 bits per heavy atom. The molecular formula is C21H25FN4O6. The molecule has 11 heteroatoms. The molecule has 10 nitrogen and oxygen atoms in total. The number of nitrogens with zero attached hydrogens (tertiary/aromatic N) is 2. The van der Waals surface area contributed by atoms with Gasteiger partial charge in [0.25, 0.3) is 0 Å². The Morgan fingerprint density at radius 3 is 2.72 bits per heavy atom. The smallest absolute Gasteiger partial charge is 0.328 e. The lowest BCUT2D eigenvalue weighted by Gasteiger charge is -2.36. The Hall–Kier alpha value is -3.63. The van der Waals surface area contributed by atoms with Gasteiger partial charge in [-0.1, -0.05) is 0 Å². The number of urea groups is 1. The molecule has 1 aromatic heterocycles. The van der Waals surface area contributed by atoms with Gasteiger partial charge in [0.1, 0.15) is 23.7 Å². The number of carbonyl (C=O) groups excluding carboxylic acids is 3. The van der Waals surface area contributed by atoms with E-state index in [1.54, 1.807) is 6.07 Å². The van der Waals surface area contributed by atoms with Gasteiger partial charge >= 0.3 is 18.0 Å². The van der Waals surface area contributed by atoms with Crippen LogP contribution >= 0.6 is 0 Å². The normalized spacial score (nSPS) is 16.0. The van der Waals surface area contributed by atoms with Gasteiger partial charge in [-0.15, -0.1) is 0 Å². The fourth-order valence-corrected chi connectivity index (χ4v) is 3.65. The van der Waals surface area contributed by atoms with Gasteiger partial charge < -0.3 is 29.4 Å². The Morgan fingerprint density at radius 2 is 2.06 bits per heavy atom. The summed E-state index contributed by atoms with van der Waals surface area (Å²) in [6, 6.07) is 1.86. The average Bonchev–Trinajstić information content (AvgIpc) is 3.29. The van der Waals surface area contributed by atoms with E-state index in [1.807, 2.05) is 0 Å². The van der Waals surface area contributed by atoms with Crippen LogP contribution < -0.4 is 10.1 Å². The van der Waals surface area contributed by atoms with E-state index in [9.17, 15) is 18.8 Å². The number of fused-ring (bicyclic) bond motifs is 1. The second-order valence-corrected chi connectivity index (χ2v) is 7.14. The molecule has 0 unspecified atom stereocenters. The molecule has 2 aromatic rings. The standard InChI is InChI=1S/C21H25FN4O6/c1-30-12-4-5-13(14(22)10-12)19-18-15(23-11-24-18)8-9-26(19)21(29)25-16(20(28)32-3)6-7-17(27)31-2/h4-5,10-11,16,19H,6-9H2,1-3H3,(H,23,24)(H,25,29)/t16-,19+/m1/s1. The van der Waals surface area contributed by atoms with Gasteiger partial charge in [0.05, 0.1) is 33.4 Å². The van der Waals surface area contributed by atoms with Crippen LogP contribution in [0, 0.1) is 5.82 Å². The number of H-pyrrole nitrogens is 1. The second-order valence-electron chi connectivity index (χ2n) is 7.14. The third-order valence-corrected chi connectivity index (χ3v) is 5.34. The average molecular weight is 448 g/mol. The topological polar surface area (TPSA) is 123 Å². The SMILES string of the molecule is COC(=O)CC[C@@H](NC(=O)N1CCc2[nH]cnc2[C@@H]1c1ccc(OC)cc1F)C(=O)OC. The van der Waals surface area contributed by atoms with Crippen molar-refractivity contribution in [3.8, 4) is 5.75 Å². The lowest BCUT2D eigenvalue weighted by molar-refractivity contribution is -0.144. The van der Waals surface area contributed by atoms with Crippen molar-refractivity contribution in [3.63, 3.8) is 0 Å². The maximum Gasteiger partial charge on any atom is 0.328 e. The van der Waals surface area contributed by atoms with Crippen molar-refractivity contribution in [2.45, 2.75) is 31.3 Å². The first-order chi connectivity index (χ1) is 15.4. The zero-order valence-electron chi connectivity index (χ0n) is 18.0. The van der Waals surface area contributed by atoms with Crippen LogP contribution in [0.1, 0.15) is 35.8 Å². The summed E-state index contributed by atoms with van der Waals surface area (Å²) in [6.07, 6.45) is 1.88. The number of hydrogen-bond acceptors (Lipinski definition) is 7. The van der Waals surface area contributed by atoms with Gasteiger partial charge in [0, 0.05) is 36.7 Å². The summed E-state index contributed by atoms with van der Waals surface area (Å²) >= 11 is 0. The fourth-order valence-electron chi connectivity index (χ4n) is 3.65. The van der Waals surface area contributed by atoms with Crippen molar-refractivity contribution < 1.29 is 33.0 Å². The number of esters is 2. The first-order valence-corrected chi connectivity index (χ1v) is 9.97. The number of nitrogens with one attached hydrogen (secondary N) is 2. The molecule has 1 aromatic carbocycles. The molecule has 0 aliphatic carbocycles. The van der Waals surface area contributed by atoms with E-state index in [4.69, 9.17) is 9.47 Å². The molecular weight excluding hydrogens is 423 g/mol. The maximum absolute atomic E-state index is 15.0. The molecule has 0 fully saturated rings. The summed E-state index contributed by atoms with van der Waals surface area (Å²) < 4.78 is 29.4. The lowest BCUT2D eigenvalue weighted by Crippen LogP contribution is -2.51. The number of halogens is 1. The number of aromatic amines is 1. The first kappa shape index (κ1) is 23.0. The van der Waals surface area contributed by atoms with Crippen LogP contribution in [-0.4, -0.2) is 66.8 Å². The number of methoxy groups -OCH3 is 3. The fraction of sp³-hybridized carbons (Fsp3) is 0.429. The van der Waals surface area contributed by atoms with Gasteiger partial charge in [-0.05, 0) is 18.6 Å². The van der Waals surface area contributed by atoms with Crippen LogP contribution in [0.25, 0.3) is 0 Å². The molecule has 2 heterocycles. The molecule has 0 radical (unpaired) electrons. The summed E-state index contributed by atoms with van der Waals surface area (Å²) in [5.41, 5.74) is 1.54. The molecule has 32 heavy (non-hydrogen) atoms. The molecule has 2 N–H and O–H groups in total. The third kappa shape index (κ3) is 4.82. The van der Waals surface area contributed by atoms with Crippen LogP contribution in [0.15, 0.2) is 24.5 Å². The van der Waals surface area contributed by atoms with Crippen LogP contribution in [-0.2, 0) is 25.5 Å².